The maximum Gasteiger partial charge on any atom is 0.294 e. The van der Waals surface area contributed by atoms with Crippen LogP contribution in [0.3, 0.4) is 0 Å². The summed E-state index contributed by atoms with van der Waals surface area (Å²) in [6.07, 6.45) is 6.61. The van der Waals surface area contributed by atoms with Gasteiger partial charge in [0, 0.05) is 50.2 Å². The third-order valence-electron chi connectivity index (χ3n) is 5.29. The molecule has 3 heterocycles. The Balaban J connectivity index is 1.68. The molecule has 34 heavy (non-hydrogen) atoms. The van der Waals surface area contributed by atoms with Crippen LogP contribution in [0.4, 0.5) is 23.0 Å². The number of ether oxygens (including phenoxy) is 1. The molecule has 4 aromatic rings. The summed E-state index contributed by atoms with van der Waals surface area (Å²) < 4.78 is 7.19. The van der Waals surface area contributed by atoms with E-state index in [2.05, 4.69) is 25.4 Å². The molecular formula is C22H25N9O3. The number of aromatic nitrogens is 5. The van der Waals surface area contributed by atoms with Crippen LogP contribution < -0.4 is 15.0 Å². The third kappa shape index (κ3) is 4.71. The summed E-state index contributed by atoms with van der Waals surface area (Å²) in [6.45, 7) is 1.36. The Labute approximate surface area is 196 Å². The molecule has 0 saturated heterocycles. The average Bonchev–Trinajstić information content (AvgIpc) is 3.26. The van der Waals surface area contributed by atoms with E-state index >= 15 is 0 Å². The van der Waals surface area contributed by atoms with Gasteiger partial charge in [-0.15, -0.1) is 0 Å². The highest BCUT2D eigenvalue weighted by Crippen LogP contribution is 2.39. The minimum Gasteiger partial charge on any atom is -0.494 e. The van der Waals surface area contributed by atoms with Gasteiger partial charge in [0.15, 0.2) is 0 Å². The average molecular weight is 464 g/mol. The number of likely N-dealkylation sites (N-methyl/N-ethyl adjacent to an activating group) is 2. The van der Waals surface area contributed by atoms with Gasteiger partial charge in [-0.25, -0.2) is 19.5 Å². The minimum absolute atomic E-state index is 0.0455. The first kappa shape index (κ1) is 22.9. The van der Waals surface area contributed by atoms with Crippen LogP contribution in [-0.4, -0.2) is 75.7 Å². The molecule has 0 aliphatic carbocycles. The molecule has 0 fully saturated rings. The SMILES string of the molecule is COc1cc(N(C)CCN(C)C)c([N+](=O)[O-])cc1Nc1nccc(-c2cnn3cnccc23)n1. The molecule has 0 atom stereocenters. The van der Waals surface area contributed by atoms with Gasteiger partial charge in [0.25, 0.3) is 5.69 Å². The Morgan fingerprint density at radius 2 is 2.00 bits per heavy atom. The maximum absolute atomic E-state index is 11.9. The molecule has 0 unspecified atom stereocenters. The Hall–Kier alpha value is -4.32. The van der Waals surface area contributed by atoms with Crippen molar-refractivity contribution < 1.29 is 9.66 Å². The van der Waals surface area contributed by atoms with Crippen LogP contribution in [0.5, 0.6) is 5.75 Å². The van der Waals surface area contributed by atoms with Crippen LogP contribution >= 0.6 is 0 Å². The molecule has 1 N–H and O–H groups in total. The predicted molar refractivity (Wildman–Crippen MR) is 129 cm³/mol. The van der Waals surface area contributed by atoms with Gasteiger partial charge < -0.3 is 19.9 Å². The summed E-state index contributed by atoms with van der Waals surface area (Å²) >= 11 is 0. The number of rotatable bonds is 9. The van der Waals surface area contributed by atoms with E-state index in [9.17, 15) is 10.1 Å². The summed E-state index contributed by atoms with van der Waals surface area (Å²) in [5.74, 6) is 0.709. The van der Waals surface area contributed by atoms with Gasteiger partial charge in [0.1, 0.15) is 17.8 Å². The molecule has 3 aromatic heterocycles. The first-order valence-electron chi connectivity index (χ1n) is 10.5. The molecule has 12 heteroatoms. The number of nitro benzene ring substituents is 1. The Bertz CT molecular complexity index is 1320. The smallest absolute Gasteiger partial charge is 0.294 e. The predicted octanol–water partition coefficient (Wildman–Crippen LogP) is 2.84. The van der Waals surface area contributed by atoms with E-state index in [1.54, 1.807) is 41.6 Å². The molecule has 12 nitrogen and oxygen atoms in total. The van der Waals surface area contributed by atoms with Crippen molar-refractivity contribution in [2.24, 2.45) is 0 Å². The van der Waals surface area contributed by atoms with E-state index in [1.807, 2.05) is 37.0 Å². The molecule has 0 aliphatic rings. The van der Waals surface area contributed by atoms with Crippen LogP contribution in [0, 0.1) is 10.1 Å². The van der Waals surface area contributed by atoms with Crippen LogP contribution in [0.25, 0.3) is 16.8 Å². The number of benzene rings is 1. The van der Waals surface area contributed by atoms with E-state index in [4.69, 9.17) is 4.74 Å². The Morgan fingerprint density at radius 3 is 2.74 bits per heavy atom. The number of fused-ring (bicyclic) bond motifs is 1. The number of methoxy groups -OCH3 is 1. The van der Waals surface area contributed by atoms with Crippen molar-refractivity contribution in [1.29, 1.82) is 0 Å². The molecule has 0 bridgehead atoms. The molecule has 0 saturated carbocycles. The van der Waals surface area contributed by atoms with Gasteiger partial charge in [0.05, 0.1) is 35.1 Å². The fourth-order valence-corrected chi connectivity index (χ4v) is 3.48. The summed E-state index contributed by atoms with van der Waals surface area (Å²) in [7, 11) is 7.23. The van der Waals surface area contributed by atoms with Crippen LogP contribution in [0.2, 0.25) is 0 Å². The minimum atomic E-state index is -0.406. The summed E-state index contributed by atoms with van der Waals surface area (Å²) in [5, 5.41) is 19.2. The highest BCUT2D eigenvalue weighted by molar-refractivity contribution is 5.79. The number of anilines is 3. The standard InChI is InChI=1S/C22H25N9O3/c1-28(2)9-10-29(3)19-12-21(34-4)17(11-20(19)31(32)33)27-22-24-8-5-16(26-22)15-13-25-30-14-23-7-6-18(15)30/h5-8,11-14H,9-10H2,1-4H3,(H,24,26,27). The third-order valence-corrected chi connectivity index (χ3v) is 5.29. The van der Waals surface area contributed by atoms with Gasteiger partial charge in [-0.2, -0.15) is 5.10 Å². The van der Waals surface area contributed by atoms with E-state index in [1.165, 1.54) is 13.2 Å². The van der Waals surface area contributed by atoms with Gasteiger partial charge in [0.2, 0.25) is 5.95 Å². The first-order valence-corrected chi connectivity index (χ1v) is 10.5. The molecule has 176 valence electrons. The van der Waals surface area contributed by atoms with Crippen LogP contribution in [0.1, 0.15) is 0 Å². The molecule has 0 spiro atoms. The Morgan fingerprint density at radius 1 is 1.18 bits per heavy atom. The highest BCUT2D eigenvalue weighted by atomic mass is 16.6. The second-order valence-electron chi connectivity index (χ2n) is 7.88. The number of nitrogens with zero attached hydrogens (tertiary/aromatic N) is 8. The van der Waals surface area contributed by atoms with Crippen molar-refractivity contribution in [2.75, 3.05) is 51.6 Å². The lowest BCUT2D eigenvalue weighted by molar-refractivity contribution is -0.384. The monoisotopic (exact) mass is 463 g/mol. The molecule has 4 rings (SSSR count). The van der Waals surface area contributed by atoms with E-state index in [-0.39, 0.29) is 11.6 Å². The van der Waals surface area contributed by atoms with Gasteiger partial charge in [-0.1, -0.05) is 0 Å². The fraction of sp³-hybridized carbons (Fsp3) is 0.273. The number of nitrogens with one attached hydrogen (secondary N) is 1. The Kier molecular flexibility index (Phi) is 6.50. The zero-order valence-electron chi connectivity index (χ0n) is 19.3. The van der Waals surface area contributed by atoms with Gasteiger partial charge in [-0.05, 0) is 26.2 Å². The molecular weight excluding hydrogens is 438 g/mol. The van der Waals surface area contributed by atoms with Crippen molar-refractivity contribution in [1.82, 2.24) is 29.5 Å². The number of nitro groups is 1. The van der Waals surface area contributed by atoms with Crippen molar-refractivity contribution in [3.05, 3.63) is 59.3 Å². The molecule has 1 aromatic carbocycles. The fourth-order valence-electron chi connectivity index (χ4n) is 3.48. The quantitative estimate of drug-likeness (QED) is 0.292. The second kappa shape index (κ2) is 9.67. The number of hydrogen-bond acceptors (Lipinski definition) is 10. The molecule has 0 amide bonds. The summed E-state index contributed by atoms with van der Waals surface area (Å²) in [4.78, 5) is 28.2. The zero-order valence-corrected chi connectivity index (χ0v) is 19.3. The van der Waals surface area contributed by atoms with Crippen LogP contribution in [-0.2, 0) is 0 Å². The van der Waals surface area contributed by atoms with Crippen molar-refractivity contribution in [3.63, 3.8) is 0 Å². The lowest BCUT2D eigenvalue weighted by Gasteiger charge is -2.22. The van der Waals surface area contributed by atoms with Crippen molar-refractivity contribution in [3.8, 4) is 17.0 Å². The zero-order chi connectivity index (χ0) is 24.2. The van der Waals surface area contributed by atoms with Crippen LogP contribution in [0.15, 0.2) is 49.2 Å². The van der Waals surface area contributed by atoms with E-state index in [0.717, 1.165) is 17.6 Å². The lowest BCUT2D eigenvalue weighted by Crippen LogP contribution is -2.28. The first-order chi connectivity index (χ1) is 16.4. The van der Waals surface area contributed by atoms with Gasteiger partial charge >= 0.3 is 0 Å². The lowest BCUT2D eigenvalue weighted by atomic mass is 10.2. The number of hydrogen-bond donors (Lipinski definition) is 1. The topological polar surface area (TPSA) is 127 Å². The molecule has 0 radical (unpaired) electrons. The van der Waals surface area contributed by atoms with E-state index < -0.39 is 4.92 Å². The highest BCUT2D eigenvalue weighted by Gasteiger charge is 2.22. The van der Waals surface area contributed by atoms with Crippen molar-refractivity contribution in [2.45, 2.75) is 0 Å². The maximum atomic E-state index is 11.9. The van der Waals surface area contributed by atoms with E-state index in [0.29, 0.717) is 29.4 Å². The largest absolute Gasteiger partial charge is 0.494 e. The molecule has 0 aliphatic heterocycles. The second-order valence-corrected chi connectivity index (χ2v) is 7.88. The van der Waals surface area contributed by atoms with Gasteiger partial charge in [-0.3, -0.25) is 10.1 Å². The normalized spacial score (nSPS) is 11.1. The van der Waals surface area contributed by atoms with Crippen molar-refractivity contribution >= 4 is 28.5 Å². The summed E-state index contributed by atoms with van der Waals surface area (Å²) in [6, 6.07) is 6.70. The summed E-state index contributed by atoms with van der Waals surface area (Å²) in [5.41, 5.74) is 3.11.